The van der Waals surface area contributed by atoms with Crippen molar-refractivity contribution < 1.29 is 18.3 Å². The summed E-state index contributed by atoms with van der Waals surface area (Å²) in [5.74, 6) is 1.20. The van der Waals surface area contributed by atoms with Crippen LogP contribution in [0, 0.1) is 11.8 Å². The van der Waals surface area contributed by atoms with Crippen LogP contribution < -0.4 is 10.1 Å². The van der Waals surface area contributed by atoms with Crippen LogP contribution in [-0.2, 0) is 11.2 Å². The molecule has 1 saturated carbocycles. The van der Waals surface area contributed by atoms with Gasteiger partial charge in [-0.3, -0.25) is 4.79 Å². The molecule has 0 spiro atoms. The fourth-order valence-corrected chi connectivity index (χ4v) is 3.02. The summed E-state index contributed by atoms with van der Waals surface area (Å²) in [6.07, 6.45) is 3.65. The van der Waals surface area contributed by atoms with Gasteiger partial charge in [-0.05, 0) is 36.0 Å². The summed E-state index contributed by atoms with van der Waals surface area (Å²) in [5, 5.41) is 3.10. The molecule has 0 aromatic heterocycles. The summed E-state index contributed by atoms with van der Waals surface area (Å²) < 4.78 is 28.4. The van der Waals surface area contributed by atoms with E-state index in [-0.39, 0.29) is 24.1 Å². The van der Waals surface area contributed by atoms with E-state index in [9.17, 15) is 13.6 Å². The first-order chi connectivity index (χ1) is 10.5. The number of amides is 1. The zero-order chi connectivity index (χ0) is 16.1. The molecule has 1 aliphatic carbocycles. The first-order valence-corrected chi connectivity index (χ1v) is 7.79. The van der Waals surface area contributed by atoms with Crippen LogP contribution in [0.4, 0.5) is 8.78 Å². The number of halogens is 2. The third kappa shape index (κ3) is 4.68. The van der Waals surface area contributed by atoms with Crippen molar-refractivity contribution >= 4 is 5.91 Å². The third-order valence-electron chi connectivity index (χ3n) is 4.57. The standard InChI is InChI=1S/C17H23F2NO2/c1-11-4-3-5-15(12(11)2)20-16(21)10-13-6-8-14(9-7-13)22-17(18)19/h6-9,11-12,15,17H,3-5,10H2,1-2H3,(H,20,21). The number of alkyl halides is 2. The molecule has 0 heterocycles. The number of rotatable bonds is 5. The predicted molar refractivity (Wildman–Crippen MR) is 80.9 cm³/mol. The molecule has 1 aromatic carbocycles. The number of hydrogen-bond acceptors (Lipinski definition) is 2. The van der Waals surface area contributed by atoms with E-state index >= 15 is 0 Å². The van der Waals surface area contributed by atoms with Crippen molar-refractivity contribution in [3.05, 3.63) is 29.8 Å². The normalized spacial score (nSPS) is 25.0. The Morgan fingerprint density at radius 2 is 1.95 bits per heavy atom. The highest BCUT2D eigenvalue weighted by Gasteiger charge is 2.27. The SMILES string of the molecule is CC1CCCC(NC(=O)Cc2ccc(OC(F)F)cc2)C1C. The van der Waals surface area contributed by atoms with Gasteiger partial charge in [-0.2, -0.15) is 8.78 Å². The lowest BCUT2D eigenvalue weighted by atomic mass is 9.78. The minimum atomic E-state index is -2.83. The molecule has 0 saturated heterocycles. The number of hydrogen-bond donors (Lipinski definition) is 1. The van der Waals surface area contributed by atoms with Gasteiger partial charge >= 0.3 is 6.61 Å². The van der Waals surface area contributed by atoms with Crippen LogP contribution in [0.2, 0.25) is 0 Å². The second-order valence-electron chi connectivity index (χ2n) is 6.14. The molecule has 1 aliphatic rings. The van der Waals surface area contributed by atoms with Gasteiger partial charge < -0.3 is 10.1 Å². The Morgan fingerprint density at radius 3 is 2.59 bits per heavy atom. The van der Waals surface area contributed by atoms with E-state index in [0.29, 0.717) is 11.8 Å². The maximum absolute atomic E-state index is 12.1. The summed E-state index contributed by atoms with van der Waals surface area (Å²) in [7, 11) is 0. The Labute approximate surface area is 130 Å². The van der Waals surface area contributed by atoms with E-state index < -0.39 is 6.61 Å². The van der Waals surface area contributed by atoms with Crippen molar-refractivity contribution in [2.45, 2.75) is 52.2 Å². The summed E-state index contributed by atoms with van der Waals surface area (Å²) >= 11 is 0. The number of nitrogens with one attached hydrogen (secondary N) is 1. The van der Waals surface area contributed by atoms with Gasteiger partial charge in [0.2, 0.25) is 5.91 Å². The van der Waals surface area contributed by atoms with E-state index in [1.165, 1.54) is 18.6 Å². The van der Waals surface area contributed by atoms with E-state index in [0.717, 1.165) is 18.4 Å². The van der Waals surface area contributed by atoms with E-state index in [1.54, 1.807) is 12.1 Å². The fourth-order valence-electron chi connectivity index (χ4n) is 3.02. The number of carbonyl (C=O) groups is 1. The first kappa shape index (κ1) is 16.7. The molecule has 5 heteroatoms. The zero-order valence-corrected chi connectivity index (χ0v) is 13.0. The summed E-state index contributed by atoms with van der Waals surface area (Å²) in [4.78, 5) is 12.1. The monoisotopic (exact) mass is 311 g/mol. The quantitative estimate of drug-likeness (QED) is 0.899. The smallest absolute Gasteiger partial charge is 0.387 e. The second-order valence-corrected chi connectivity index (χ2v) is 6.14. The maximum Gasteiger partial charge on any atom is 0.387 e. The van der Waals surface area contributed by atoms with Crippen LogP contribution in [-0.4, -0.2) is 18.6 Å². The van der Waals surface area contributed by atoms with Crippen molar-refractivity contribution in [2.24, 2.45) is 11.8 Å². The maximum atomic E-state index is 12.1. The largest absolute Gasteiger partial charge is 0.435 e. The van der Waals surface area contributed by atoms with E-state index in [1.807, 2.05) is 0 Å². The molecule has 0 radical (unpaired) electrons. The molecule has 0 bridgehead atoms. The molecule has 1 aromatic rings. The molecular weight excluding hydrogens is 288 g/mol. The molecule has 1 N–H and O–H groups in total. The number of ether oxygens (including phenoxy) is 1. The van der Waals surface area contributed by atoms with Gasteiger partial charge in [0.15, 0.2) is 0 Å². The number of benzene rings is 1. The Balaban J connectivity index is 1.86. The molecule has 122 valence electrons. The lowest BCUT2D eigenvalue weighted by molar-refractivity contribution is -0.121. The average molecular weight is 311 g/mol. The predicted octanol–water partition coefficient (Wildman–Crippen LogP) is 3.77. The van der Waals surface area contributed by atoms with Crippen molar-refractivity contribution in [2.75, 3.05) is 0 Å². The van der Waals surface area contributed by atoms with Crippen LogP contribution >= 0.6 is 0 Å². The van der Waals surface area contributed by atoms with Crippen LogP contribution in [0.5, 0.6) is 5.75 Å². The van der Waals surface area contributed by atoms with Crippen molar-refractivity contribution in [1.29, 1.82) is 0 Å². The highest BCUT2D eigenvalue weighted by atomic mass is 19.3. The Morgan fingerprint density at radius 1 is 1.27 bits per heavy atom. The van der Waals surface area contributed by atoms with Gasteiger partial charge in [0.1, 0.15) is 5.75 Å². The Hall–Kier alpha value is -1.65. The Bertz CT molecular complexity index is 490. The average Bonchev–Trinajstić information content (AvgIpc) is 2.45. The molecular formula is C17H23F2NO2. The molecule has 3 nitrogen and oxygen atoms in total. The van der Waals surface area contributed by atoms with Crippen LogP contribution in [0.3, 0.4) is 0 Å². The molecule has 3 unspecified atom stereocenters. The van der Waals surface area contributed by atoms with Crippen molar-refractivity contribution in [3.63, 3.8) is 0 Å². The zero-order valence-electron chi connectivity index (χ0n) is 13.0. The molecule has 1 fully saturated rings. The highest BCUT2D eigenvalue weighted by Crippen LogP contribution is 2.29. The van der Waals surface area contributed by atoms with Crippen LogP contribution in [0.25, 0.3) is 0 Å². The minimum Gasteiger partial charge on any atom is -0.435 e. The van der Waals surface area contributed by atoms with E-state index in [4.69, 9.17) is 0 Å². The molecule has 1 amide bonds. The Kier molecular flexibility index (Phi) is 5.75. The summed E-state index contributed by atoms with van der Waals surface area (Å²) in [6.45, 7) is 1.58. The van der Waals surface area contributed by atoms with Crippen LogP contribution in [0.15, 0.2) is 24.3 Å². The summed E-state index contributed by atoms with van der Waals surface area (Å²) in [5.41, 5.74) is 0.788. The van der Waals surface area contributed by atoms with Gasteiger partial charge in [-0.25, -0.2) is 0 Å². The second kappa shape index (κ2) is 7.56. The lowest BCUT2D eigenvalue weighted by Gasteiger charge is -2.34. The highest BCUT2D eigenvalue weighted by molar-refractivity contribution is 5.78. The lowest BCUT2D eigenvalue weighted by Crippen LogP contribution is -2.44. The van der Waals surface area contributed by atoms with Crippen LogP contribution in [0.1, 0.15) is 38.7 Å². The molecule has 3 atom stereocenters. The van der Waals surface area contributed by atoms with Gasteiger partial charge in [0, 0.05) is 6.04 Å². The minimum absolute atomic E-state index is 0.0199. The molecule has 2 rings (SSSR count). The topological polar surface area (TPSA) is 38.3 Å². The van der Waals surface area contributed by atoms with Gasteiger partial charge in [-0.15, -0.1) is 0 Å². The molecule has 0 aliphatic heterocycles. The van der Waals surface area contributed by atoms with E-state index in [2.05, 4.69) is 23.9 Å². The first-order valence-electron chi connectivity index (χ1n) is 7.79. The van der Waals surface area contributed by atoms with Gasteiger partial charge in [-0.1, -0.05) is 38.8 Å². The third-order valence-corrected chi connectivity index (χ3v) is 4.57. The van der Waals surface area contributed by atoms with Crippen molar-refractivity contribution in [3.8, 4) is 5.75 Å². The van der Waals surface area contributed by atoms with Gasteiger partial charge in [0.25, 0.3) is 0 Å². The van der Waals surface area contributed by atoms with Gasteiger partial charge in [0.05, 0.1) is 6.42 Å². The van der Waals surface area contributed by atoms with Crippen molar-refractivity contribution in [1.82, 2.24) is 5.32 Å². The molecule has 22 heavy (non-hydrogen) atoms. The number of carbonyl (C=O) groups excluding carboxylic acids is 1. The summed E-state index contributed by atoms with van der Waals surface area (Å²) in [6, 6.07) is 6.44. The fraction of sp³-hybridized carbons (Fsp3) is 0.588.